The second kappa shape index (κ2) is 9.40. The van der Waals surface area contributed by atoms with Crippen molar-refractivity contribution in [2.75, 3.05) is 5.32 Å². The number of aliphatic imine (C=N–C) groups is 1. The summed E-state index contributed by atoms with van der Waals surface area (Å²) in [7, 11) is 0. The Morgan fingerprint density at radius 1 is 0.875 bits per heavy atom. The fourth-order valence-electron chi connectivity index (χ4n) is 5.45. The van der Waals surface area contributed by atoms with E-state index in [1.54, 1.807) is 0 Å². The van der Waals surface area contributed by atoms with Crippen molar-refractivity contribution in [3.8, 4) is 0 Å². The van der Waals surface area contributed by atoms with E-state index >= 15 is 0 Å². The molecule has 4 heteroatoms. The summed E-state index contributed by atoms with van der Waals surface area (Å²) in [5.74, 6) is 1.07. The molecule has 2 fully saturated rings. The van der Waals surface area contributed by atoms with Crippen LogP contribution in [0.5, 0.6) is 0 Å². The van der Waals surface area contributed by atoms with E-state index in [1.807, 2.05) is 12.1 Å². The maximum absolute atomic E-state index is 12.4. The van der Waals surface area contributed by atoms with E-state index in [1.165, 1.54) is 24.0 Å². The van der Waals surface area contributed by atoms with E-state index in [0.717, 1.165) is 74.0 Å². The molecule has 5 rings (SSSR count). The van der Waals surface area contributed by atoms with Gasteiger partial charge in [0, 0.05) is 30.4 Å². The average Bonchev–Trinajstić information content (AvgIpc) is 3.59. The van der Waals surface area contributed by atoms with Crippen molar-refractivity contribution in [1.29, 1.82) is 0 Å². The summed E-state index contributed by atoms with van der Waals surface area (Å²) in [6, 6.07) is 14.5. The highest BCUT2D eigenvalue weighted by molar-refractivity contribution is 6.07. The van der Waals surface area contributed by atoms with Gasteiger partial charge in [-0.3, -0.25) is 14.6 Å². The number of carbonyl (C=O) groups excluding carboxylic acids is 2. The van der Waals surface area contributed by atoms with Gasteiger partial charge in [-0.2, -0.15) is 0 Å². The first-order valence-electron chi connectivity index (χ1n) is 12.3. The third kappa shape index (κ3) is 4.69. The minimum atomic E-state index is 0.153. The van der Waals surface area contributed by atoms with Crippen LogP contribution in [0.25, 0.3) is 0 Å². The predicted octanol–water partition coefficient (Wildman–Crippen LogP) is 6.18. The molecular formula is C28H32N2O2. The van der Waals surface area contributed by atoms with Crippen LogP contribution in [0.2, 0.25) is 0 Å². The smallest absolute Gasteiger partial charge is 0.227 e. The molecule has 2 aliphatic carbocycles. The maximum atomic E-state index is 12.4. The number of amides is 1. The summed E-state index contributed by atoms with van der Waals surface area (Å²) in [5.41, 5.74) is 6.49. The molecule has 166 valence electrons. The number of hydrogen-bond acceptors (Lipinski definition) is 3. The lowest BCUT2D eigenvalue weighted by Crippen LogP contribution is -2.20. The molecule has 32 heavy (non-hydrogen) atoms. The molecule has 0 unspecified atom stereocenters. The normalized spacial score (nSPS) is 18.6. The molecule has 0 atom stereocenters. The number of ketones is 1. The summed E-state index contributed by atoms with van der Waals surface area (Å²) >= 11 is 0. The van der Waals surface area contributed by atoms with E-state index < -0.39 is 0 Å². The van der Waals surface area contributed by atoms with E-state index in [9.17, 15) is 9.59 Å². The monoisotopic (exact) mass is 428 g/mol. The minimum Gasteiger partial charge on any atom is -0.326 e. The van der Waals surface area contributed by atoms with Crippen molar-refractivity contribution in [2.45, 2.75) is 70.6 Å². The number of nitrogens with zero attached hydrogens (tertiary/aromatic N) is 1. The SMILES string of the molecule is O=C(CCc1ccc2c(c1)N=C(c1ccc(NC(=O)C3CCCC3)cc1)C2)C1CCCC1. The molecule has 0 saturated heterocycles. The van der Waals surface area contributed by atoms with E-state index in [-0.39, 0.29) is 11.8 Å². The molecule has 1 amide bonds. The fourth-order valence-corrected chi connectivity index (χ4v) is 5.45. The highest BCUT2D eigenvalue weighted by Crippen LogP contribution is 2.32. The Bertz CT molecular complexity index is 1030. The Hall–Kier alpha value is -2.75. The first-order valence-corrected chi connectivity index (χ1v) is 12.3. The number of Topliss-reactive ketones (excluding diaryl/α,β-unsaturated/α-hetero) is 1. The van der Waals surface area contributed by atoms with Gasteiger partial charge in [0.25, 0.3) is 0 Å². The van der Waals surface area contributed by atoms with Crippen LogP contribution >= 0.6 is 0 Å². The highest BCUT2D eigenvalue weighted by atomic mass is 16.2. The molecule has 1 aliphatic heterocycles. The van der Waals surface area contributed by atoms with Crippen LogP contribution in [0.15, 0.2) is 47.5 Å². The molecule has 2 saturated carbocycles. The molecule has 2 aromatic rings. The van der Waals surface area contributed by atoms with Gasteiger partial charge in [0.05, 0.1) is 11.4 Å². The van der Waals surface area contributed by atoms with Crippen LogP contribution in [-0.4, -0.2) is 17.4 Å². The third-order valence-corrected chi connectivity index (χ3v) is 7.45. The van der Waals surface area contributed by atoms with Crippen LogP contribution < -0.4 is 5.32 Å². The molecular weight excluding hydrogens is 396 g/mol. The Morgan fingerprint density at radius 3 is 2.28 bits per heavy atom. The minimum absolute atomic E-state index is 0.153. The van der Waals surface area contributed by atoms with Crippen molar-refractivity contribution in [2.24, 2.45) is 16.8 Å². The molecule has 0 radical (unpaired) electrons. The summed E-state index contributed by atoms with van der Waals surface area (Å²) in [6.07, 6.45) is 11.2. The lowest BCUT2D eigenvalue weighted by molar-refractivity contribution is -0.122. The van der Waals surface area contributed by atoms with Crippen LogP contribution in [0.1, 0.15) is 74.5 Å². The summed E-state index contributed by atoms with van der Waals surface area (Å²) in [5, 5.41) is 3.06. The first kappa shape index (κ1) is 21.1. The maximum Gasteiger partial charge on any atom is 0.227 e. The van der Waals surface area contributed by atoms with Crippen LogP contribution in [0, 0.1) is 11.8 Å². The van der Waals surface area contributed by atoms with E-state index in [0.29, 0.717) is 18.1 Å². The number of rotatable bonds is 7. The Kier molecular flexibility index (Phi) is 6.20. The van der Waals surface area contributed by atoms with Gasteiger partial charge in [-0.15, -0.1) is 0 Å². The first-order chi connectivity index (χ1) is 15.7. The lowest BCUT2D eigenvalue weighted by atomic mass is 9.96. The molecule has 0 bridgehead atoms. The van der Waals surface area contributed by atoms with Gasteiger partial charge < -0.3 is 5.32 Å². The largest absolute Gasteiger partial charge is 0.326 e. The average molecular weight is 429 g/mol. The summed E-state index contributed by atoms with van der Waals surface area (Å²) in [6.45, 7) is 0. The van der Waals surface area contributed by atoms with E-state index in [2.05, 4.69) is 35.6 Å². The van der Waals surface area contributed by atoms with Crippen molar-refractivity contribution in [3.63, 3.8) is 0 Å². The topological polar surface area (TPSA) is 58.5 Å². The van der Waals surface area contributed by atoms with Gasteiger partial charge in [-0.1, -0.05) is 49.9 Å². The molecule has 4 nitrogen and oxygen atoms in total. The summed E-state index contributed by atoms with van der Waals surface area (Å²) in [4.78, 5) is 29.6. The molecule has 1 N–H and O–H groups in total. The number of nitrogens with one attached hydrogen (secondary N) is 1. The number of fused-ring (bicyclic) bond motifs is 1. The van der Waals surface area contributed by atoms with Crippen molar-refractivity contribution in [3.05, 3.63) is 59.2 Å². The zero-order chi connectivity index (χ0) is 21.9. The number of hydrogen-bond donors (Lipinski definition) is 1. The molecule has 1 heterocycles. The Labute approximate surface area is 190 Å². The van der Waals surface area contributed by atoms with Gasteiger partial charge in [0.15, 0.2) is 0 Å². The standard InChI is InChI=1S/C28H32N2O2/c31-27(21-5-1-2-6-21)16-10-19-9-11-23-18-26(30-25(23)17-19)20-12-14-24(15-13-20)29-28(32)22-7-3-4-8-22/h9,11-15,17,21-22H,1-8,10,16,18H2,(H,29,32). The van der Waals surface area contributed by atoms with Crippen molar-refractivity contribution < 1.29 is 9.59 Å². The number of carbonyl (C=O) groups is 2. The Morgan fingerprint density at radius 2 is 1.56 bits per heavy atom. The fraction of sp³-hybridized carbons (Fsp3) is 0.464. The highest BCUT2D eigenvalue weighted by Gasteiger charge is 2.24. The van der Waals surface area contributed by atoms with Gasteiger partial charge in [-0.25, -0.2) is 0 Å². The van der Waals surface area contributed by atoms with Crippen molar-refractivity contribution >= 4 is 28.8 Å². The van der Waals surface area contributed by atoms with E-state index in [4.69, 9.17) is 4.99 Å². The quantitative estimate of drug-likeness (QED) is 0.572. The predicted molar refractivity (Wildman–Crippen MR) is 129 cm³/mol. The molecule has 0 aromatic heterocycles. The molecule has 2 aromatic carbocycles. The molecule has 3 aliphatic rings. The third-order valence-electron chi connectivity index (χ3n) is 7.45. The van der Waals surface area contributed by atoms with Crippen LogP contribution in [0.3, 0.4) is 0 Å². The van der Waals surface area contributed by atoms with Gasteiger partial charge in [0.2, 0.25) is 5.91 Å². The van der Waals surface area contributed by atoms with Crippen LogP contribution in [0.4, 0.5) is 11.4 Å². The number of benzene rings is 2. The van der Waals surface area contributed by atoms with Crippen LogP contribution in [-0.2, 0) is 22.4 Å². The van der Waals surface area contributed by atoms with Crippen molar-refractivity contribution in [1.82, 2.24) is 0 Å². The lowest BCUT2D eigenvalue weighted by Gasteiger charge is -2.10. The van der Waals surface area contributed by atoms with Gasteiger partial charge >= 0.3 is 0 Å². The molecule has 0 spiro atoms. The second-order valence-electron chi connectivity index (χ2n) is 9.69. The number of aryl methyl sites for hydroxylation is 1. The zero-order valence-electron chi connectivity index (χ0n) is 18.7. The Balaban J connectivity index is 1.20. The number of anilines is 1. The summed E-state index contributed by atoms with van der Waals surface area (Å²) < 4.78 is 0. The van der Waals surface area contributed by atoms with Gasteiger partial charge in [0.1, 0.15) is 5.78 Å². The van der Waals surface area contributed by atoms with Gasteiger partial charge in [-0.05, 0) is 67.0 Å². The zero-order valence-corrected chi connectivity index (χ0v) is 18.7. The second-order valence-corrected chi connectivity index (χ2v) is 9.69.